The van der Waals surface area contributed by atoms with Crippen molar-refractivity contribution in [1.29, 1.82) is 0 Å². The standard InChI is InChI=1S/C17H27N3O2/c1-14(18-9-12-20-10-3-4-11-20)13-17(21)19-15-5-7-16(22-2)8-6-15/h5-8,14,18H,3-4,9-13H2,1-2H3,(H,19,21). The van der Waals surface area contributed by atoms with E-state index >= 15 is 0 Å². The maximum atomic E-state index is 12.0. The van der Waals surface area contributed by atoms with Crippen molar-refractivity contribution in [2.24, 2.45) is 0 Å². The van der Waals surface area contributed by atoms with Gasteiger partial charge in [0.25, 0.3) is 0 Å². The number of nitrogens with zero attached hydrogens (tertiary/aromatic N) is 1. The summed E-state index contributed by atoms with van der Waals surface area (Å²) in [6, 6.07) is 7.56. The summed E-state index contributed by atoms with van der Waals surface area (Å²) < 4.78 is 5.10. The molecular formula is C17H27N3O2. The van der Waals surface area contributed by atoms with Gasteiger partial charge in [0.1, 0.15) is 5.75 Å². The molecule has 1 aliphatic rings. The molecule has 1 amide bonds. The van der Waals surface area contributed by atoms with E-state index in [9.17, 15) is 4.79 Å². The molecule has 1 saturated heterocycles. The summed E-state index contributed by atoms with van der Waals surface area (Å²) in [4.78, 5) is 14.5. The number of hydrogen-bond donors (Lipinski definition) is 2. The second-order valence-corrected chi connectivity index (χ2v) is 5.88. The third kappa shape index (κ3) is 5.66. The zero-order chi connectivity index (χ0) is 15.8. The quantitative estimate of drug-likeness (QED) is 0.772. The molecule has 1 heterocycles. The molecule has 1 aromatic rings. The van der Waals surface area contributed by atoms with Crippen molar-refractivity contribution >= 4 is 11.6 Å². The van der Waals surface area contributed by atoms with Crippen LogP contribution < -0.4 is 15.4 Å². The first-order valence-electron chi connectivity index (χ1n) is 8.07. The number of carbonyl (C=O) groups is 1. The number of benzene rings is 1. The molecule has 0 spiro atoms. The summed E-state index contributed by atoms with van der Waals surface area (Å²) in [6.07, 6.45) is 3.12. The third-order valence-corrected chi connectivity index (χ3v) is 3.98. The van der Waals surface area contributed by atoms with Gasteiger partial charge in [-0.3, -0.25) is 4.79 Å². The van der Waals surface area contributed by atoms with Crippen LogP contribution in [0.2, 0.25) is 0 Å². The Morgan fingerprint density at radius 3 is 2.59 bits per heavy atom. The van der Waals surface area contributed by atoms with E-state index < -0.39 is 0 Å². The maximum Gasteiger partial charge on any atom is 0.225 e. The number of hydrogen-bond acceptors (Lipinski definition) is 4. The van der Waals surface area contributed by atoms with Gasteiger partial charge in [0.05, 0.1) is 7.11 Å². The van der Waals surface area contributed by atoms with E-state index in [2.05, 4.69) is 22.5 Å². The first-order valence-corrected chi connectivity index (χ1v) is 8.07. The van der Waals surface area contributed by atoms with E-state index in [1.807, 2.05) is 24.3 Å². The highest BCUT2D eigenvalue weighted by Gasteiger charge is 2.12. The van der Waals surface area contributed by atoms with Gasteiger partial charge in [-0.15, -0.1) is 0 Å². The highest BCUT2D eigenvalue weighted by molar-refractivity contribution is 5.91. The summed E-state index contributed by atoms with van der Waals surface area (Å²) >= 11 is 0. The molecule has 22 heavy (non-hydrogen) atoms. The monoisotopic (exact) mass is 305 g/mol. The lowest BCUT2D eigenvalue weighted by Gasteiger charge is -2.18. The van der Waals surface area contributed by atoms with Crippen LogP contribution in [0, 0.1) is 0 Å². The topological polar surface area (TPSA) is 53.6 Å². The second-order valence-electron chi connectivity index (χ2n) is 5.88. The highest BCUT2D eigenvalue weighted by Crippen LogP contribution is 2.15. The normalized spacial score (nSPS) is 16.5. The zero-order valence-corrected chi connectivity index (χ0v) is 13.6. The largest absolute Gasteiger partial charge is 0.497 e. The van der Waals surface area contributed by atoms with Gasteiger partial charge in [-0.25, -0.2) is 0 Å². The minimum atomic E-state index is 0.0336. The van der Waals surface area contributed by atoms with Crippen molar-refractivity contribution in [3.05, 3.63) is 24.3 Å². The van der Waals surface area contributed by atoms with E-state index in [4.69, 9.17) is 4.74 Å². The summed E-state index contributed by atoms with van der Waals surface area (Å²) in [5, 5.41) is 6.33. The zero-order valence-electron chi connectivity index (χ0n) is 13.6. The van der Waals surface area contributed by atoms with Crippen molar-refractivity contribution in [2.75, 3.05) is 38.6 Å². The Morgan fingerprint density at radius 2 is 1.95 bits per heavy atom. The minimum Gasteiger partial charge on any atom is -0.497 e. The predicted molar refractivity (Wildman–Crippen MR) is 89.4 cm³/mol. The average Bonchev–Trinajstić information content (AvgIpc) is 3.01. The lowest BCUT2D eigenvalue weighted by molar-refractivity contribution is -0.116. The van der Waals surface area contributed by atoms with E-state index in [1.54, 1.807) is 7.11 Å². The van der Waals surface area contributed by atoms with Crippen LogP contribution in [0.15, 0.2) is 24.3 Å². The summed E-state index contributed by atoms with van der Waals surface area (Å²) in [6.45, 7) is 6.50. The lowest BCUT2D eigenvalue weighted by Crippen LogP contribution is -2.36. The summed E-state index contributed by atoms with van der Waals surface area (Å²) in [5.41, 5.74) is 0.801. The van der Waals surface area contributed by atoms with Crippen LogP contribution in [0.4, 0.5) is 5.69 Å². The number of likely N-dealkylation sites (tertiary alicyclic amines) is 1. The fourth-order valence-corrected chi connectivity index (χ4v) is 2.71. The second kappa shape index (κ2) is 8.76. The van der Waals surface area contributed by atoms with E-state index in [-0.39, 0.29) is 11.9 Å². The molecule has 1 fully saturated rings. The van der Waals surface area contributed by atoms with Crippen molar-refractivity contribution in [2.45, 2.75) is 32.2 Å². The predicted octanol–water partition coefficient (Wildman–Crippen LogP) is 2.10. The van der Waals surface area contributed by atoms with Gasteiger partial charge >= 0.3 is 0 Å². The van der Waals surface area contributed by atoms with Crippen LogP contribution in [0.1, 0.15) is 26.2 Å². The molecule has 1 atom stereocenters. The summed E-state index contributed by atoms with van der Waals surface area (Å²) in [7, 11) is 1.63. The minimum absolute atomic E-state index is 0.0336. The molecule has 1 aliphatic heterocycles. The Hall–Kier alpha value is -1.59. The van der Waals surface area contributed by atoms with Crippen LogP contribution in [-0.4, -0.2) is 50.1 Å². The average molecular weight is 305 g/mol. The van der Waals surface area contributed by atoms with Gasteiger partial charge in [-0.05, 0) is 57.1 Å². The van der Waals surface area contributed by atoms with Gasteiger partial charge < -0.3 is 20.3 Å². The summed E-state index contributed by atoms with van der Waals surface area (Å²) in [5.74, 6) is 0.821. The SMILES string of the molecule is COc1ccc(NC(=O)CC(C)NCCN2CCCC2)cc1. The molecule has 1 aromatic carbocycles. The highest BCUT2D eigenvalue weighted by atomic mass is 16.5. The first kappa shape index (κ1) is 16.8. The smallest absolute Gasteiger partial charge is 0.225 e. The Labute approximate surface area is 133 Å². The molecule has 2 rings (SSSR count). The number of anilines is 1. The molecule has 0 bridgehead atoms. The van der Waals surface area contributed by atoms with Crippen LogP contribution in [0.3, 0.4) is 0 Å². The molecule has 2 N–H and O–H groups in total. The fraction of sp³-hybridized carbons (Fsp3) is 0.588. The number of carbonyl (C=O) groups excluding carboxylic acids is 1. The van der Waals surface area contributed by atoms with Crippen LogP contribution >= 0.6 is 0 Å². The van der Waals surface area contributed by atoms with Gasteiger partial charge in [0.15, 0.2) is 0 Å². The van der Waals surface area contributed by atoms with E-state index in [0.717, 1.165) is 24.5 Å². The van der Waals surface area contributed by atoms with Crippen LogP contribution in [0.5, 0.6) is 5.75 Å². The molecule has 0 saturated carbocycles. The number of nitrogens with one attached hydrogen (secondary N) is 2. The Kier molecular flexibility index (Phi) is 6.68. The van der Waals surface area contributed by atoms with Gasteiger partial charge in [0, 0.05) is 31.2 Å². The lowest BCUT2D eigenvalue weighted by atomic mass is 10.2. The fourth-order valence-electron chi connectivity index (χ4n) is 2.71. The molecule has 0 aromatic heterocycles. The Bertz CT molecular complexity index is 455. The molecule has 5 nitrogen and oxygen atoms in total. The molecule has 0 radical (unpaired) electrons. The van der Waals surface area contributed by atoms with Crippen molar-refractivity contribution in [1.82, 2.24) is 10.2 Å². The maximum absolute atomic E-state index is 12.0. The van der Waals surface area contributed by atoms with Crippen LogP contribution in [-0.2, 0) is 4.79 Å². The van der Waals surface area contributed by atoms with E-state index in [0.29, 0.717) is 6.42 Å². The van der Waals surface area contributed by atoms with Gasteiger partial charge in [-0.2, -0.15) is 0 Å². The molecule has 0 aliphatic carbocycles. The van der Waals surface area contributed by atoms with Crippen molar-refractivity contribution in [3.63, 3.8) is 0 Å². The van der Waals surface area contributed by atoms with Crippen LogP contribution in [0.25, 0.3) is 0 Å². The van der Waals surface area contributed by atoms with Gasteiger partial charge in [0.2, 0.25) is 5.91 Å². The van der Waals surface area contributed by atoms with Crippen molar-refractivity contribution in [3.8, 4) is 5.75 Å². The molecule has 1 unspecified atom stereocenters. The molecule has 5 heteroatoms. The third-order valence-electron chi connectivity index (χ3n) is 3.98. The molecular weight excluding hydrogens is 278 g/mol. The molecule has 122 valence electrons. The Balaban J connectivity index is 1.64. The number of methoxy groups -OCH3 is 1. The Morgan fingerprint density at radius 1 is 1.27 bits per heavy atom. The number of ether oxygens (including phenoxy) is 1. The first-order chi connectivity index (χ1) is 10.7. The van der Waals surface area contributed by atoms with Crippen molar-refractivity contribution < 1.29 is 9.53 Å². The number of rotatable bonds is 8. The number of amides is 1. The van der Waals surface area contributed by atoms with Gasteiger partial charge in [-0.1, -0.05) is 0 Å². The van der Waals surface area contributed by atoms with E-state index in [1.165, 1.54) is 25.9 Å².